The van der Waals surface area contributed by atoms with Gasteiger partial charge in [0.05, 0.1) is 24.8 Å². The molecule has 2 aromatic heterocycles. The third kappa shape index (κ3) is 4.13. The summed E-state index contributed by atoms with van der Waals surface area (Å²) >= 11 is 0. The Balaban J connectivity index is 1.61. The third-order valence-electron chi connectivity index (χ3n) is 6.35. The molecule has 1 aromatic carbocycles. The monoisotopic (exact) mass is 489 g/mol. The zero-order valence-electron chi connectivity index (χ0n) is 20.3. The van der Waals surface area contributed by atoms with Crippen LogP contribution in [0, 0.1) is 12.8 Å². The zero-order chi connectivity index (χ0) is 25.4. The maximum atomic E-state index is 13.4. The summed E-state index contributed by atoms with van der Waals surface area (Å²) in [6.07, 6.45) is 1.69. The molecule has 0 saturated carbocycles. The molecule has 5 rings (SSSR count). The van der Waals surface area contributed by atoms with Crippen LogP contribution in [0.1, 0.15) is 31.3 Å². The van der Waals surface area contributed by atoms with Crippen molar-refractivity contribution < 1.29 is 24.0 Å². The molecule has 0 radical (unpaired) electrons. The summed E-state index contributed by atoms with van der Waals surface area (Å²) in [6.45, 7) is 7.58. The lowest BCUT2D eigenvalue weighted by Crippen LogP contribution is -2.39. The van der Waals surface area contributed by atoms with Crippen LogP contribution in [0.15, 0.2) is 58.5 Å². The van der Waals surface area contributed by atoms with Crippen molar-refractivity contribution in [2.24, 2.45) is 5.92 Å². The quantitative estimate of drug-likeness (QED) is 0.555. The van der Waals surface area contributed by atoms with Gasteiger partial charge in [-0.15, -0.1) is 0 Å². The molecule has 0 spiro atoms. The minimum absolute atomic E-state index is 0.0791. The van der Waals surface area contributed by atoms with Gasteiger partial charge in [0, 0.05) is 48.9 Å². The van der Waals surface area contributed by atoms with E-state index in [-0.39, 0.29) is 11.4 Å². The highest BCUT2D eigenvalue weighted by atomic mass is 16.5. The number of nitrogens with zero attached hydrogens (tertiary/aromatic N) is 5. The highest BCUT2D eigenvalue weighted by Crippen LogP contribution is 2.44. The lowest BCUT2D eigenvalue weighted by Gasteiger charge is -2.33. The molecule has 2 aliphatic heterocycles. The number of amides is 1. The number of Topliss-reactive ketones (excluding diaryl/α,β-unsaturated/α-hetero) is 1. The van der Waals surface area contributed by atoms with Crippen molar-refractivity contribution in [3.63, 3.8) is 0 Å². The molecule has 2 aliphatic rings. The number of ether oxygens (including phenoxy) is 1. The van der Waals surface area contributed by atoms with Gasteiger partial charge in [0.15, 0.2) is 11.5 Å². The number of morpholine rings is 1. The first kappa shape index (κ1) is 23.7. The number of carbonyl (C=O) groups excluding carboxylic acids is 2. The Bertz CT molecular complexity index is 1320. The Morgan fingerprint density at radius 2 is 1.86 bits per heavy atom. The molecule has 36 heavy (non-hydrogen) atoms. The van der Waals surface area contributed by atoms with Crippen molar-refractivity contribution in [3.8, 4) is 11.4 Å². The summed E-state index contributed by atoms with van der Waals surface area (Å²) in [4.78, 5) is 39.1. The molecule has 1 saturated heterocycles. The van der Waals surface area contributed by atoms with Crippen LogP contribution in [0.2, 0.25) is 0 Å². The van der Waals surface area contributed by atoms with Gasteiger partial charge in [-0.25, -0.2) is 4.98 Å². The molecular formula is C26H27N5O5. The number of anilines is 2. The number of aromatic nitrogens is 3. The van der Waals surface area contributed by atoms with Crippen LogP contribution in [-0.4, -0.2) is 58.2 Å². The lowest BCUT2D eigenvalue weighted by molar-refractivity contribution is -0.119. The van der Waals surface area contributed by atoms with E-state index in [2.05, 4.69) is 20.0 Å². The van der Waals surface area contributed by atoms with E-state index in [1.54, 1.807) is 57.3 Å². The number of hydrogen-bond donors (Lipinski definition) is 1. The molecule has 10 nitrogen and oxygen atoms in total. The SMILES string of the molecule is Cc1nc(-c2ccc(N3C(=O)C(O)=C(C(=O)C(C)C)C3c3cccnc3N3CCOCC3)cc2)no1. The number of aryl methyl sites for hydroxylation is 1. The van der Waals surface area contributed by atoms with Crippen molar-refractivity contribution in [3.05, 3.63) is 65.4 Å². The summed E-state index contributed by atoms with van der Waals surface area (Å²) in [6, 6.07) is 9.82. The van der Waals surface area contributed by atoms with Gasteiger partial charge in [-0.2, -0.15) is 4.98 Å². The second-order valence-electron chi connectivity index (χ2n) is 9.06. The predicted octanol–water partition coefficient (Wildman–Crippen LogP) is 3.40. The van der Waals surface area contributed by atoms with Gasteiger partial charge in [0.1, 0.15) is 5.82 Å². The van der Waals surface area contributed by atoms with E-state index < -0.39 is 23.6 Å². The summed E-state index contributed by atoms with van der Waals surface area (Å²) in [5, 5.41) is 14.9. The number of aliphatic hydroxyl groups is 1. The molecule has 1 N–H and O–H groups in total. The van der Waals surface area contributed by atoms with Crippen molar-refractivity contribution in [1.82, 2.24) is 15.1 Å². The van der Waals surface area contributed by atoms with Crippen molar-refractivity contribution >= 4 is 23.2 Å². The molecule has 4 heterocycles. The van der Waals surface area contributed by atoms with E-state index in [1.165, 1.54) is 4.90 Å². The average molecular weight is 490 g/mol. The van der Waals surface area contributed by atoms with Crippen molar-refractivity contribution in [2.45, 2.75) is 26.8 Å². The van der Waals surface area contributed by atoms with E-state index in [0.717, 1.165) is 0 Å². The summed E-state index contributed by atoms with van der Waals surface area (Å²) in [5.74, 6) is -0.332. The molecule has 0 aliphatic carbocycles. The summed E-state index contributed by atoms with van der Waals surface area (Å²) in [5.41, 5.74) is 1.97. The second kappa shape index (κ2) is 9.54. The maximum Gasteiger partial charge on any atom is 0.294 e. The number of pyridine rings is 1. The molecule has 3 aromatic rings. The minimum atomic E-state index is -0.836. The topological polar surface area (TPSA) is 122 Å². The van der Waals surface area contributed by atoms with Gasteiger partial charge < -0.3 is 19.3 Å². The molecule has 1 atom stereocenters. The number of benzene rings is 1. The van der Waals surface area contributed by atoms with Crippen LogP contribution in [0.3, 0.4) is 0 Å². The van der Waals surface area contributed by atoms with Gasteiger partial charge in [-0.05, 0) is 30.3 Å². The van der Waals surface area contributed by atoms with Gasteiger partial charge in [0.25, 0.3) is 5.91 Å². The van der Waals surface area contributed by atoms with Crippen molar-refractivity contribution in [1.29, 1.82) is 0 Å². The van der Waals surface area contributed by atoms with E-state index in [0.29, 0.717) is 60.7 Å². The Kier molecular flexibility index (Phi) is 6.27. The minimum Gasteiger partial charge on any atom is -0.503 e. The fourth-order valence-electron chi connectivity index (χ4n) is 4.58. The van der Waals surface area contributed by atoms with E-state index in [1.807, 2.05) is 6.07 Å². The zero-order valence-corrected chi connectivity index (χ0v) is 20.3. The van der Waals surface area contributed by atoms with Gasteiger partial charge in [-0.3, -0.25) is 14.5 Å². The third-order valence-corrected chi connectivity index (χ3v) is 6.35. The standard InChI is InChI=1S/C26H27N5O5/c1-15(2)22(32)20-21(19-5-4-10-27-25(19)30-11-13-35-14-12-30)31(26(34)23(20)33)18-8-6-17(7-9-18)24-28-16(3)36-29-24/h4-10,15,21,33H,11-14H2,1-3H3. The van der Waals surface area contributed by atoms with Crippen LogP contribution in [0.5, 0.6) is 0 Å². The fraction of sp³-hybridized carbons (Fsp3) is 0.346. The number of rotatable bonds is 6. The van der Waals surface area contributed by atoms with Crippen molar-refractivity contribution in [2.75, 3.05) is 36.1 Å². The Morgan fingerprint density at radius 3 is 2.50 bits per heavy atom. The van der Waals surface area contributed by atoms with Gasteiger partial charge in [0.2, 0.25) is 11.7 Å². The van der Waals surface area contributed by atoms with Crippen LogP contribution in [0.25, 0.3) is 11.4 Å². The number of aliphatic hydroxyl groups excluding tert-OH is 1. The Labute approximate surface area is 208 Å². The summed E-state index contributed by atoms with van der Waals surface area (Å²) in [7, 11) is 0. The molecule has 186 valence electrons. The van der Waals surface area contributed by atoms with Crippen LogP contribution < -0.4 is 9.80 Å². The predicted molar refractivity (Wildman–Crippen MR) is 131 cm³/mol. The molecular weight excluding hydrogens is 462 g/mol. The number of carbonyl (C=O) groups is 2. The van der Waals surface area contributed by atoms with Crippen LogP contribution in [-0.2, 0) is 14.3 Å². The second-order valence-corrected chi connectivity index (χ2v) is 9.06. The normalized spacial score (nSPS) is 18.4. The largest absolute Gasteiger partial charge is 0.503 e. The molecule has 10 heteroatoms. The molecule has 0 bridgehead atoms. The Morgan fingerprint density at radius 1 is 1.14 bits per heavy atom. The van der Waals surface area contributed by atoms with E-state index in [4.69, 9.17) is 9.26 Å². The average Bonchev–Trinajstić information content (AvgIpc) is 3.45. The highest BCUT2D eigenvalue weighted by Gasteiger charge is 2.46. The fourth-order valence-corrected chi connectivity index (χ4v) is 4.58. The van der Waals surface area contributed by atoms with Crippen LogP contribution >= 0.6 is 0 Å². The van der Waals surface area contributed by atoms with Gasteiger partial charge in [-0.1, -0.05) is 25.1 Å². The van der Waals surface area contributed by atoms with Crippen LogP contribution in [0.4, 0.5) is 11.5 Å². The highest BCUT2D eigenvalue weighted by molar-refractivity contribution is 6.17. The number of ketones is 1. The Hall–Kier alpha value is -4.05. The number of hydrogen-bond acceptors (Lipinski definition) is 9. The molecule has 1 unspecified atom stereocenters. The molecule has 1 fully saturated rings. The first-order valence-corrected chi connectivity index (χ1v) is 11.9. The smallest absolute Gasteiger partial charge is 0.294 e. The first-order chi connectivity index (χ1) is 17.4. The van der Waals surface area contributed by atoms with E-state index in [9.17, 15) is 14.7 Å². The van der Waals surface area contributed by atoms with Gasteiger partial charge >= 0.3 is 0 Å². The molecule has 1 amide bonds. The van der Waals surface area contributed by atoms with E-state index >= 15 is 0 Å². The maximum absolute atomic E-state index is 13.4. The summed E-state index contributed by atoms with van der Waals surface area (Å²) < 4.78 is 10.6. The first-order valence-electron chi connectivity index (χ1n) is 11.9. The lowest BCUT2D eigenvalue weighted by atomic mass is 9.91.